The molecule has 0 saturated heterocycles. The third-order valence-corrected chi connectivity index (χ3v) is 3.53. The molecule has 102 valence electrons. The lowest BCUT2D eigenvalue weighted by molar-refractivity contribution is 0.607. The number of pyridine rings is 1. The molecule has 0 unspecified atom stereocenters. The highest BCUT2D eigenvalue weighted by Gasteiger charge is 2.14. The molecule has 0 aromatic carbocycles. The average Bonchev–Trinajstić information content (AvgIpc) is 3.00. The molecular weight excluding hydrogens is 252 g/mol. The number of rotatable bonds is 4. The molecule has 0 radical (unpaired) electrons. The third kappa shape index (κ3) is 2.62. The Morgan fingerprint density at radius 3 is 3.05 bits per heavy atom. The van der Waals surface area contributed by atoms with Crippen LogP contribution in [0.4, 0.5) is 5.82 Å². The summed E-state index contributed by atoms with van der Waals surface area (Å²) in [5, 5.41) is 20.1. The van der Waals surface area contributed by atoms with Gasteiger partial charge in [-0.05, 0) is 37.3 Å². The van der Waals surface area contributed by atoms with Crippen LogP contribution in [0.25, 0.3) is 0 Å². The van der Waals surface area contributed by atoms with Crippen LogP contribution in [0, 0.1) is 11.3 Å². The smallest absolute Gasteiger partial charge is 0.144 e. The topological polar surface area (TPSA) is 79.4 Å². The average molecular weight is 268 g/mol. The first-order valence-corrected chi connectivity index (χ1v) is 6.87. The molecule has 1 N–H and O–H groups in total. The Morgan fingerprint density at radius 1 is 1.35 bits per heavy atom. The summed E-state index contributed by atoms with van der Waals surface area (Å²) in [4.78, 5) is 4.62. The summed E-state index contributed by atoms with van der Waals surface area (Å²) in [6.45, 7) is 1.37. The van der Waals surface area contributed by atoms with Gasteiger partial charge >= 0.3 is 0 Å². The molecule has 2 aromatic rings. The number of nitrogens with zero attached hydrogens (tertiary/aromatic N) is 5. The molecule has 20 heavy (non-hydrogen) atoms. The van der Waals surface area contributed by atoms with Gasteiger partial charge in [0.25, 0.3) is 0 Å². The Labute approximate surface area is 117 Å². The molecule has 0 aliphatic heterocycles. The van der Waals surface area contributed by atoms with E-state index < -0.39 is 0 Å². The molecule has 2 aromatic heterocycles. The van der Waals surface area contributed by atoms with Gasteiger partial charge in [-0.2, -0.15) is 5.26 Å². The van der Waals surface area contributed by atoms with Crippen molar-refractivity contribution in [1.29, 1.82) is 5.26 Å². The first kappa shape index (κ1) is 12.6. The van der Waals surface area contributed by atoms with Crippen molar-refractivity contribution in [1.82, 2.24) is 20.0 Å². The summed E-state index contributed by atoms with van der Waals surface area (Å²) in [7, 11) is 0. The van der Waals surface area contributed by atoms with E-state index in [0.29, 0.717) is 24.5 Å². The quantitative estimate of drug-likeness (QED) is 0.909. The summed E-state index contributed by atoms with van der Waals surface area (Å²) < 4.78 is 1.75. The van der Waals surface area contributed by atoms with E-state index in [4.69, 9.17) is 0 Å². The first-order valence-electron chi connectivity index (χ1n) is 6.87. The van der Waals surface area contributed by atoms with Crippen LogP contribution >= 0.6 is 0 Å². The predicted molar refractivity (Wildman–Crippen MR) is 74.1 cm³/mol. The number of nitrogens with one attached hydrogen (secondary N) is 1. The maximum Gasteiger partial charge on any atom is 0.144 e. The van der Waals surface area contributed by atoms with Crippen molar-refractivity contribution in [3.63, 3.8) is 0 Å². The Morgan fingerprint density at radius 2 is 2.25 bits per heavy atom. The van der Waals surface area contributed by atoms with E-state index in [1.165, 1.54) is 18.4 Å². The van der Waals surface area contributed by atoms with E-state index in [2.05, 4.69) is 26.7 Å². The van der Waals surface area contributed by atoms with E-state index in [1.807, 2.05) is 12.3 Å². The molecular formula is C14H16N6. The second-order valence-corrected chi connectivity index (χ2v) is 4.90. The van der Waals surface area contributed by atoms with Crippen LogP contribution in [-0.2, 0) is 19.4 Å². The fourth-order valence-corrected chi connectivity index (χ4v) is 2.49. The van der Waals surface area contributed by atoms with E-state index in [9.17, 15) is 5.26 Å². The molecule has 0 amide bonds. The summed E-state index contributed by atoms with van der Waals surface area (Å²) in [6, 6.07) is 4.22. The van der Waals surface area contributed by atoms with Crippen LogP contribution in [0.5, 0.6) is 0 Å². The van der Waals surface area contributed by atoms with Crippen LogP contribution in [0.1, 0.15) is 29.7 Å². The fraction of sp³-hybridized carbons (Fsp3) is 0.429. The van der Waals surface area contributed by atoms with Gasteiger partial charge in [-0.3, -0.25) is 4.68 Å². The monoisotopic (exact) mass is 268 g/mol. The summed E-state index contributed by atoms with van der Waals surface area (Å²) in [5.74, 6) is 0.688. The molecule has 0 bridgehead atoms. The standard InChI is InChI=1S/C14H16N6/c15-10-12-9-11-3-1-2-4-13(11)18-14(12)16-5-7-20-8-6-17-19-20/h6,8-9H,1-5,7H2,(H,16,18). The number of nitriles is 1. The van der Waals surface area contributed by atoms with Crippen molar-refractivity contribution in [2.45, 2.75) is 32.2 Å². The maximum atomic E-state index is 9.25. The normalized spacial score (nSPS) is 13.6. The highest BCUT2D eigenvalue weighted by atomic mass is 15.4. The van der Waals surface area contributed by atoms with Gasteiger partial charge < -0.3 is 5.32 Å². The van der Waals surface area contributed by atoms with Gasteiger partial charge in [-0.15, -0.1) is 5.10 Å². The van der Waals surface area contributed by atoms with E-state index in [-0.39, 0.29) is 0 Å². The van der Waals surface area contributed by atoms with Gasteiger partial charge in [0.15, 0.2) is 0 Å². The van der Waals surface area contributed by atoms with Gasteiger partial charge in [0, 0.05) is 18.4 Å². The Kier molecular flexibility index (Phi) is 3.59. The van der Waals surface area contributed by atoms with Crippen LogP contribution in [-0.4, -0.2) is 26.5 Å². The SMILES string of the molecule is N#Cc1cc2c(nc1NCCn1ccnn1)CCCC2. The lowest BCUT2D eigenvalue weighted by atomic mass is 9.95. The number of aromatic nitrogens is 4. The van der Waals surface area contributed by atoms with Crippen molar-refractivity contribution in [3.8, 4) is 6.07 Å². The minimum Gasteiger partial charge on any atom is -0.367 e. The highest BCUT2D eigenvalue weighted by Crippen LogP contribution is 2.24. The minimum atomic E-state index is 0.629. The van der Waals surface area contributed by atoms with Gasteiger partial charge in [0.2, 0.25) is 0 Å². The van der Waals surface area contributed by atoms with Crippen molar-refractivity contribution in [2.75, 3.05) is 11.9 Å². The number of anilines is 1. The van der Waals surface area contributed by atoms with Gasteiger partial charge in [0.05, 0.1) is 18.3 Å². The molecule has 2 heterocycles. The first-order chi connectivity index (χ1) is 9.86. The summed E-state index contributed by atoms with van der Waals surface area (Å²) >= 11 is 0. The van der Waals surface area contributed by atoms with Crippen LogP contribution in [0.3, 0.4) is 0 Å². The van der Waals surface area contributed by atoms with Gasteiger partial charge in [-0.25, -0.2) is 4.98 Å². The second kappa shape index (κ2) is 5.70. The number of hydrogen-bond acceptors (Lipinski definition) is 5. The van der Waals surface area contributed by atoms with Gasteiger partial charge in [-0.1, -0.05) is 5.21 Å². The second-order valence-electron chi connectivity index (χ2n) is 4.90. The maximum absolute atomic E-state index is 9.25. The molecule has 1 aliphatic carbocycles. The van der Waals surface area contributed by atoms with Crippen LogP contribution in [0.2, 0.25) is 0 Å². The minimum absolute atomic E-state index is 0.629. The summed E-state index contributed by atoms with van der Waals surface area (Å²) in [5.41, 5.74) is 3.00. The predicted octanol–water partition coefficient (Wildman–Crippen LogP) is 1.54. The summed E-state index contributed by atoms with van der Waals surface area (Å²) in [6.07, 6.45) is 7.89. The lowest BCUT2D eigenvalue weighted by Crippen LogP contribution is -2.15. The van der Waals surface area contributed by atoms with Crippen LogP contribution < -0.4 is 5.32 Å². The molecule has 0 atom stereocenters. The zero-order valence-electron chi connectivity index (χ0n) is 11.2. The molecule has 0 spiro atoms. The van der Waals surface area contributed by atoms with Crippen molar-refractivity contribution >= 4 is 5.82 Å². The van der Waals surface area contributed by atoms with Crippen molar-refractivity contribution in [3.05, 3.63) is 35.3 Å². The number of aryl methyl sites for hydroxylation is 2. The van der Waals surface area contributed by atoms with Gasteiger partial charge in [0.1, 0.15) is 11.9 Å². The molecule has 1 aliphatic rings. The third-order valence-electron chi connectivity index (χ3n) is 3.53. The Hall–Kier alpha value is -2.42. The highest BCUT2D eigenvalue weighted by molar-refractivity contribution is 5.54. The van der Waals surface area contributed by atoms with Crippen molar-refractivity contribution < 1.29 is 0 Å². The molecule has 3 rings (SSSR count). The lowest BCUT2D eigenvalue weighted by Gasteiger charge is -2.17. The van der Waals surface area contributed by atoms with E-state index in [0.717, 1.165) is 18.5 Å². The zero-order valence-corrected chi connectivity index (χ0v) is 11.2. The molecule has 0 saturated carbocycles. The van der Waals surface area contributed by atoms with Crippen LogP contribution in [0.15, 0.2) is 18.5 Å². The Bertz CT molecular complexity index is 626. The number of fused-ring (bicyclic) bond motifs is 1. The molecule has 0 fully saturated rings. The zero-order chi connectivity index (χ0) is 13.8. The van der Waals surface area contributed by atoms with Crippen molar-refractivity contribution in [2.24, 2.45) is 0 Å². The largest absolute Gasteiger partial charge is 0.367 e. The molecule has 6 heteroatoms. The Balaban J connectivity index is 1.73. The molecule has 6 nitrogen and oxygen atoms in total. The fourth-order valence-electron chi connectivity index (χ4n) is 2.49. The van der Waals surface area contributed by atoms with E-state index >= 15 is 0 Å². The van der Waals surface area contributed by atoms with E-state index in [1.54, 1.807) is 10.9 Å². The number of hydrogen-bond donors (Lipinski definition) is 1.